The van der Waals surface area contributed by atoms with Crippen LogP contribution in [0.1, 0.15) is 36.5 Å². The lowest BCUT2D eigenvalue weighted by molar-refractivity contribution is -0.115. The summed E-state index contributed by atoms with van der Waals surface area (Å²) in [7, 11) is 0. The van der Waals surface area contributed by atoms with E-state index in [4.69, 9.17) is 0 Å². The molecule has 2 heterocycles. The van der Waals surface area contributed by atoms with Crippen LogP contribution in [0.4, 0.5) is 5.69 Å². The second-order valence-electron chi connectivity index (χ2n) is 5.99. The lowest BCUT2D eigenvalue weighted by atomic mass is 10.1. The van der Waals surface area contributed by atoms with E-state index in [1.54, 1.807) is 17.8 Å². The number of anilines is 1. The van der Waals surface area contributed by atoms with Gasteiger partial charge in [-0.1, -0.05) is 6.92 Å². The summed E-state index contributed by atoms with van der Waals surface area (Å²) in [4.78, 5) is 27.5. The van der Waals surface area contributed by atoms with Gasteiger partial charge in [-0.2, -0.15) is 0 Å². The molecule has 5 nitrogen and oxygen atoms in total. The highest BCUT2D eigenvalue weighted by Crippen LogP contribution is 2.31. The summed E-state index contributed by atoms with van der Waals surface area (Å²) in [5.74, 6) is 0.719. The number of likely N-dealkylation sites (N-methyl/N-ethyl adjacent to an activating group) is 1. The van der Waals surface area contributed by atoms with E-state index in [0.717, 1.165) is 35.8 Å². The van der Waals surface area contributed by atoms with Crippen molar-refractivity contribution >= 4 is 29.3 Å². The average Bonchev–Trinajstić information content (AvgIpc) is 2.92. The normalized spacial score (nSPS) is 21.4. The van der Waals surface area contributed by atoms with E-state index in [2.05, 4.69) is 22.5 Å². The number of carbonyl (C=O) groups is 2. The molecule has 124 valence electrons. The molecule has 3 rings (SSSR count). The summed E-state index contributed by atoms with van der Waals surface area (Å²) < 4.78 is 0. The first-order valence-corrected chi connectivity index (χ1v) is 9.25. The van der Waals surface area contributed by atoms with Crippen LogP contribution in [-0.2, 0) is 4.79 Å². The standard InChI is InChI=1S/C17H23N3O2S/c1-2-20-8-3-4-13(20)11-18-17(22)12-5-6-15-14(10-12)19-16(21)7-9-23-15/h5-6,10,13H,2-4,7-9,11H2,1H3,(H,18,22)(H,19,21)/t13-/m1/s1. The predicted octanol–water partition coefficient (Wildman–Crippen LogP) is 2.33. The number of hydrogen-bond acceptors (Lipinski definition) is 4. The maximum Gasteiger partial charge on any atom is 0.251 e. The number of nitrogens with zero attached hydrogens (tertiary/aromatic N) is 1. The Labute approximate surface area is 141 Å². The number of hydrogen-bond donors (Lipinski definition) is 2. The molecule has 2 aliphatic heterocycles. The highest BCUT2D eigenvalue weighted by molar-refractivity contribution is 7.99. The molecule has 0 spiro atoms. The van der Waals surface area contributed by atoms with Gasteiger partial charge in [-0.3, -0.25) is 14.5 Å². The first-order chi connectivity index (χ1) is 11.2. The molecule has 2 aliphatic rings. The zero-order valence-electron chi connectivity index (χ0n) is 13.4. The molecule has 1 fully saturated rings. The Morgan fingerprint density at radius 3 is 3.17 bits per heavy atom. The third-order valence-electron chi connectivity index (χ3n) is 4.51. The number of fused-ring (bicyclic) bond motifs is 1. The van der Waals surface area contributed by atoms with Crippen LogP contribution >= 0.6 is 11.8 Å². The maximum atomic E-state index is 12.4. The van der Waals surface area contributed by atoms with Gasteiger partial charge >= 0.3 is 0 Å². The predicted molar refractivity (Wildman–Crippen MR) is 93.0 cm³/mol. The van der Waals surface area contributed by atoms with Crippen LogP contribution in [-0.4, -0.2) is 48.1 Å². The van der Waals surface area contributed by atoms with Gasteiger partial charge in [0.05, 0.1) is 5.69 Å². The number of thioether (sulfide) groups is 1. The van der Waals surface area contributed by atoms with Crippen molar-refractivity contribution in [3.63, 3.8) is 0 Å². The first-order valence-electron chi connectivity index (χ1n) is 8.26. The van der Waals surface area contributed by atoms with Gasteiger partial charge in [-0.25, -0.2) is 0 Å². The fourth-order valence-electron chi connectivity index (χ4n) is 3.22. The van der Waals surface area contributed by atoms with Crippen LogP contribution < -0.4 is 10.6 Å². The van der Waals surface area contributed by atoms with Crippen LogP contribution in [0.25, 0.3) is 0 Å². The summed E-state index contributed by atoms with van der Waals surface area (Å²) in [5.41, 5.74) is 1.36. The minimum Gasteiger partial charge on any atom is -0.350 e. The van der Waals surface area contributed by atoms with Gasteiger partial charge in [0.15, 0.2) is 0 Å². The van der Waals surface area contributed by atoms with Gasteiger partial charge in [0.1, 0.15) is 0 Å². The van der Waals surface area contributed by atoms with Crippen LogP contribution in [0.5, 0.6) is 0 Å². The Balaban J connectivity index is 1.64. The SMILES string of the molecule is CCN1CCC[C@@H]1CNC(=O)c1ccc2c(c1)NC(=O)CCS2. The molecular formula is C17H23N3O2S. The third kappa shape index (κ3) is 3.87. The molecule has 2 amide bonds. The molecule has 0 radical (unpaired) electrons. The quantitative estimate of drug-likeness (QED) is 0.888. The molecule has 1 atom stereocenters. The molecule has 23 heavy (non-hydrogen) atoms. The van der Waals surface area contributed by atoms with E-state index < -0.39 is 0 Å². The van der Waals surface area contributed by atoms with Gasteiger partial charge in [-0.05, 0) is 44.1 Å². The molecule has 6 heteroatoms. The molecule has 0 bridgehead atoms. The van der Waals surface area contributed by atoms with E-state index in [0.29, 0.717) is 24.6 Å². The Morgan fingerprint density at radius 2 is 2.35 bits per heavy atom. The van der Waals surface area contributed by atoms with Crippen molar-refractivity contribution in [2.75, 3.05) is 30.7 Å². The minimum atomic E-state index is -0.0701. The van der Waals surface area contributed by atoms with Gasteiger partial charge in [0.25, 0.3) is 5.91 Å². The molecule has 0 unspecified atom stereocenters. The molecule has 0 aromatic heterocycles. The Hall–Kier alpha value is -1.53. The molecule has 0 saturated carbocycles. The van der Waals surface area contributed by atoms with Crippen molar-refractivity contribution in [3.05, 3.63) is 23.8 Å². The first kappa shape index (κ1) is 16.3. The van der Waals surface area contributed by atoms with Crippen molar-refractivity contribution in [2.24, 2.45) is 0 Å². The lowest BCUT2D eigenvalue weighted by Gasteiger charge is -2.23. The van der Waals surface area contributed by atoms with E-state index in [9.17, 15) is 9.59 Å². The Morgan fingerprint density at radius 1 is 1.48 bits per heavy atom. The van der Waals surface area contributed by atoms with Crippen LogP contribution in [0, 0.1) is 0 Å². The van der Waals surface area contributed by atoms with E-state index >= 15 is 0 Å². The summed E-state index contributed by atoms with van der Waals surface area (Å²) in [6, 6.07) is 5.99. The lowest BCUT2D eigenvalue weighted by Crippen LogP contribution is -2.40. The Bertz CT molecular complexity index is 606. The van der Waals surface area contributed by atoms with Crippen LogP contribution in [0.2, 0.25) is 0 Å². The Kier molecular flexibility index (Phi) is 5.23. The van der Waals surface area contributed by atoms with Gasteiger partial charge in [-0.15, -0.1) is 11.8 Å². The number of nitrogens with one attached hydrogen (secondary N) is 2. The smallest absolute Gasteiger partial charge is 0.251 e. The highest BCUT2D eigenvalue weighted by atomic mass is 32.2. The van der Waals surface area contributed by atoms with Crippen molar-refractivity contribution in [1.29, 1.82) is 0 Å². The summed E-state index contributed by atoms with van der Waals surface area (Å²) in [6.07, 6.45) is 2.86. The van der Waals surface area contributed by atoms with Crippen molar-refractivity contribution in [3.8, 4) is 0 Å². The maximum absolute atomic E-state index is 12.4. The number of benzene rings is 1. The van der Waals surface area contributed by atoms with Crippen LogP contribution in [0.3, 0.4) is 0 Å². The van der Waals surface area contributed by atoms with E-state index in [1.165, 1.54) is 6.42 Å². The molecule has 0 aliphatic carbocycles. The molecular weight excluding hydrogens is 310 g/mol. The molecule has 1 aromatic rings. The van der Waals surface area contributed by atoms with E-state index in [1.807, 2.05) is 12.1 Å². The van der Waals surface area contributed by atoms with Gasteiger partial charge in [0, 0.05) is 35.2 Å². The fourth-order valence-corrected chi connectivity index (χ4v) is 4.15. The number of rotatable bonds is 4. The summed E-state index contributed by atoms with van der Waals surface area (Å²) >= 11 is 1.65. The summed E-state index contributed by atoms with van der Waals surface area (Å²) in [5, 5.41) is 5.92. The third-order valence-corrected chi connectivity index (χ3v) is 5.58. The monoisotopic (exact) mass is 333 g/mol. The zero-order chi connectivity index (χ0) is 16.2. The molecule has 2 N–H and O–H groups in total. The molecule has 1 saturated heterocycles. The minimum absolute atomic E-state index is 0.0124. The average molecular weight is 333 g/mol. The van der Waals surface area contributed by atoms with Crippen molar-refractivity contribution in [1.82, 2.24) is 10.2 Å². The fraction of sp³-hybridized carbons (Fsp3) is 0.529. The zero-order valence-corrected chi connectivity index (χ0v) is 14.2. The summed E-state index contributed by atoms with van der Waals surface area (Å²) in [6.45, 7) is 5.00. The number of amides is 2. The topological polar surface area (TPSA) is 61.4 Å². The molecule has 1 aromatic carbocycles. The number of carbonyl (C=O) groups excluding carboxylic acids is 2. The number of likely N-dealkylation sites (tertiary alicyclic amines) is 1. The van der Waals surface area contributed by atoms with Gasteiger partial charge in [0.2, 0.25) is 5.91 Å². The van der Waals surface area contributed by atoms with E-state index in [-0.39, 0.29) is 11.8 Å². The largest absolute Gasteiger partial charge is 0.350 e. The van der Waals surface area contributed by atoms with Crippen LogP contribution in [0.15, 0.2) is 23.1 Å². The highest BCUT2D eigenvalue weighted by Gasteiger charge is 2.23. The van der Waals surface area contributed by atoms with Crippen molar-refractivity contribution < 1.29 is 9.59 Å². The van der Waals surface area contributed by atoms with Crippen molar-refractivity contribution in [2.45, 2.75) is 37.1 Å². The second-order valence-corrected chi connectivity index (χ2v) is 7.13. The second kappa shape index (κ2) is 7.36. The van der Waals surface area contributed by atoms with Gasteiger partial charge < -0.3 is 10.6 Å².